The molecule has 19 heteroatoms. The molecule has 0 saturated carbocycles. The van der Waals surface area contributed by atoms with Gasteiger partial charge in [0, 0.05) is 102 Å². The van der Waals surface area contributed by atoms with E-state index in [1.807, 2.05) is 79.6 Å². The SMILES string of the molecule is Nc1ccccn1.[2H]C([2H])([2H])NC(=O)c1cnc(Cl)cc1Nc1cccc(-c2cnn(C)c2)c1OC.[2H]C([2H])([2H])NC(=O)c1cnc(Nc2ccccn2)cc1Nc1cccc(-c2cnn(C)c2)c1OC. The van der Waals surface area contributed by atoms with E-state index in [9.17, 15) is 9.59 Å². The second kappa shape index (κ2) is 22.0. The van der Waals surface area contributed by atoms with E-state index in [0.717, 1.165) is 22.3 Å². The van der Waals surface area contributed by atoms with Crippen molar-refractivity contribution >= 4 is 63.6 Å². The van der Waals surface area contributed by atoms with Crippen LogP contribution in [0.15, 0.2) is 135 Å². The first kappa shape index (κ1) is 38.2. The number of nitrogens with one attached hydrogen (secondary N) is 5. The summed E-state index contributed by atoms with van der Waals surface area (Å²) in [6.45, 7) is -5.29. The molecule has 0 aliphatic rings. The van der Waals surface area contributed by atoms with Crippen molar-refractivity contribution in [1.82, 2.24) is 50.1 Å². The molecular weight excluding hydrogens is 848 g/mol. The number of aryl methyl sites for hydroxylation is 2. The molecule has 0 spiro atoms. The molecule has 18 nitrogen and oxygen atoms in total. The molecule has 2 aromatic carbocycles. The van der Waals surface area contributed by atoms with Gasteiger partial charge in [-0.25, -0.2) is 19.9 Å². The molecule has 8 rings (SSSR count). The minimum Gasteiger partial charge on any atom is -0.494 e. The highest BCUT2D eigenvalue weighted by atomic mass is 35.5. The van der Waals surface area contributed by atoms with E-state index in [0.29, 0.717) is 46.0 Å². The number of carbonyl (C=O) groups excluding carboxylic acids is 2. The summed E-state index contributed by atoms with van der Waals surface area (Å²) >= 11 is 5.99. The van der Waals surface area contributed by atoms with E-state index in [-0.39, 0.29) is 22.0 Å². The smallest absolute Gasteiger partial charge is 0.254 e. The molecule has 0 aliphatic heterocycles. The van der Waals surface area contributed by atoms with E-state index >= 15 is 0 Å². The minimum absolute atomic E-state index is 0.0272. The van der Waals surface area contributed by atoms with Crippen LogP contribution in [0, 0.1) is 0 Å². The Morgan fingerprint density at radius 2 is 1.15 bits per heavy atom. The summed E-state index contributed by atoms with van der Waals surface area (Å²) in [6.07, 6.45) is 12.9. The number of ether oxygens (including phenoxy) is 2. The third-order valence-corrected chi connectivity index (χ3v) is 9.32. The summed E-state index contributed by atoms with van der Waals surface area (Å²) in [4.78, 5) is 41.3. The number of nitrogens with two attached hydrogens (primary N) is 1. The first-order valence-electron chi connectivity index (χ1n) is 22.3. The van der Waals surface area contributed by atoms with Crippen LogP contribution >= 0.6 is 11.6 Å². The predicted octanol–water partition coefficient (Wildman–Crippen LogP) is 7.64. The van der Waals surface area contributed by atoms with Crippen molar-refractivity contribution in [3.8, 4) is 33.8 Å². The van der Waals surface area contributed by atoms with E-state index in [1.165, 1.54) is 25.6 Å². The fourth-order valence-electron chi connectivity index (χ4n) is 6.18. The van der Waals surface area contributed by atoms with Crippen molar-refractivity contribution in [3.63, 3.8) is 0 Å². The summed E-state index contributed by atoms with van der Waals surface area (Å²) in [5, 5.41) is 21.8. The molecule has 332 valence electrons. The Balaban J connectivity index is 0.000000207. The average Bonchev–Trinajstić information content (AvgIpc) is 3.96. The standard InChI is InChI=1S/C23H23N7O2.C18H18ClN5O2.C5H6N2/c1-24-23(31)17-13-26-21(29-20-9-4-5-10-25-20)11-19(17)28-18-8-6-7-16(22(18)32-3)15-12-27-30(2)14-15;1-20-18(25)13-9-21-16(19)7-15(13)23-14-6-4-5-12(17(14)26-3)11-8-22-24(2)10-11;6-5-3-1-2-4-7-5/h4-14H,1-3H3,(H,24,31)(H2,25,26,28,29);4-10H,1-3H3,(H,20,25)(H,21,23);1-4H,(H2,6,7)/i2*1D3;. The largest absolute Gasteiger partial charge is 0.494 e. The second-order valence-corrected chi connectivity index (χ2v) is 13.9. The van der Waals surface area contributed by atoms with Gasteiger partial charge in [0.15, 0.2) is 0 Å². The van der Waals surface area contributed by atoms with Gasteiger partial charge in [0.1, 0.15) is 34.1 Å². The van der Waals surface area contributed by atoms with Crippen LogP contribution < -0.4 is 41.8 Å². The normalized spacial score (nSPS) is 12.0. The number of methoxy groups -OCH3 is 2. The Morgan fingerprint density at radius 3 is 1.60 bits per heavy atom. The topological polar surface area (TPSA) is 226 Å². The van der Waals surface area contributed by atoms with Gasteiger partial charge >= 0.3 is 0 Å². The Bertz CT molecular complexity index is 3080. The summed E-state index contributed by atoms with van der Waals surface area (Å²) in [5.74, 6) is 0.975. The van der Waals surface area contributed by atoms with Crippen molar-refractivity contribution in [3.05, 3.63) is 151 Å². The Morgan fingerprint density at radius 1 is 0.615 bits per heavy atom. The molecular formula is C46H47ClN14O4. The minimum atomic E-state index is -2.66. The zero-order chi connectivity index (χ0) is 51.3. The van der Waals surface area contributed by atoms with Crippen LogP contribution in [0.5, 0.6) is 11.5 Å². The molecule has 65 heavy (non-hydrogen) atoms. The highest BCUT2D eigenvalue weighted by molar-refractivity contribution is 6.29. The molecule has 6 heterocycles. The summed E-state index contributed by atoms with van der Waals surface area (Å²) in [5.41, 5.74) is 10.3. The summed E-state index contributed by atoms with van der Waals surface area (Å²) in [6, 6.07) is 24.8. The first-order chi connectivity index (χ1) is 33.8. The molecule has 0 bridgehead atoms. The number of halogens is 1. The van der Waals surface area contributed by atoms with Crippen molar-refractivity contribution < 1.29 is 27.3 Å². The predicted molar refractivity (Wildman–Crippen MR) is 253 cm³/mol. The summed E-state index contributed by atoms with van der Waals surface area (Å²) < 4.78 is 58.5. The van der Waals surface area contributed by atoms with E-state index in [2.05, 4.69) is 46.1 Å². The first-order valence-corrected chi connectivity index (χ1v) is 19.7. The van der Waals surface area contributed by atoms with Crippen LogP contribution in [0.25, 0.3) is 22.3 Å². The maximum atomic E-state index is 12.8. The van der Waals surface area contributed by atoms with Gasteiger partial charge in [-0.1, -0.05) is 48.0 Å². The number of benzene rings is 2. The van der Waals surface area contributed by atoms with E-state index in [4.69, 9.17) is 35.0 Å². The number of rotatable bonds is 12. The molecule has 0 fully saturated rings. The van der Waals surface area contributed by atoms with Crippen molar-refractivity contribution in [2.24, 2.45) is 14.1 Å². The molecule has 0 saturated heterocycles. The van der Waals surface area contributed by atoms with Crippen LogP contribution in [0.3, 0.4) is 0 Å². The Hall–Kier alpha value is -8.51. The van der Waals surface area contributed by atoms with E-state index < -0.39 is 25.8 Å². The Kier molecular flexibility index (Phi) is 12.9. The van der Waals surface area contributed by atoms with Gasteiger partial charge in [-0.2, -0.15) is 10.2 Å². The third-order valence-electron chi connectivity index (χ3n) is 9.11. The monoisotopic (exact) mass is 900 g/mol. The number of para-hydroxylation sites is 2. The zero-order valence-electron chi connectivity index (χ0n) is 41.4. The molecule has 0 radical (unpaired) electrons. The lowest BCUT2D eigenvalue weighted by Crippen LogP contribution is -2.19. The molecule has 0 unspecified atom stereocenters. The maximum absolute atomic E-state index is 12.8. The lowest BCUT2D eigenvalue weighted by Gasteiger charge is -2.17. The van der Waals surface area contributed by atoms with Crippen LogP contribution in [-0.4, -0.2) is 79.5 Å². The molecule has 0 atom stereocenters. The number of nitrogen functional groups attached to an aromatic ring is 1. The van der Waals surface area contributed by atoms with Gasteiger partial charge in [-0.05, 0) is 42.5 Å². The lowest BCUT2D eigenvalue weighted by atomic mass is 10.1. The maximum Gasteiger partial charge on any atom is 0.254 e. The number of pyridine rings is 4. The molecule has 2 amide bonds. The number of hydrogen-bond acceptors (Lipinski definition) is 14. The van der Waals surface area contributed by atoms with Gasteiger partial charge < -0.3 is 41.8 Å². The fourth-order valence-corrected chi connectivity index (χ4v) is 6.33. The number of amides is 2. The van der Waals surface area contributed by atoms with E-state index in [1.54, 1.807) is 77.7 Å². The molecule has 0 aliphatic carbocycles. The Labute approximate surface area is 388 Å². The van der Waals surface area contributed by atoms with Gasteiger partial charge in [-0.15, -0.1) is 0 Å². The van der Waals surface area contributed by atoms with Crippen LogP contribution in [0.4, 0.5) is 40.2 Å². The summed E-state index contributed by atoms with van der Waals surface area (Å²) in [7, 11) is 6.71. The highest BCUT2D eigenvalue weighted by Crippen LogP contribution is 2.40. The van der Waals surface area contributed by atoms with Crippen LogP contribution in [0.2, 0.25) is 5.15 Å². The van der Waals surface area contributed by atoms with Crippen molar-refractivity contribution in [2.75, 3.05) is 49.9 Å². The fraction of sp³-hybridized carbons (Fsp3) is 0.130. The zero-order valence-corrected chi connectivity index (χ0v) is 36.1. The third kappa shape index (κ3) is 11.9. The number of carbonyl (C=O) groups is 2. The molecule has 6 aromatic heterocycles. The van der Waals surface area contributed by atoms with Crippen LogP contribution in [0.1, 0.15) is 28.9 Å². The number of anilines is 7. The highest BCUT2D eigenvalue weighted by Gasteiger charge is 2.19. The van der Waals surface area contributed by atoms with Gasteiger partial charge in [0.25, 0.3) is 11.8 Å². The van der Waals surface area contributed by atoms with Gasteiger partial charge in [-0.3, -0.25) is 19.0 Å². The average molecular weight is 901 g/mol. The van der Waals surface area contributed by atoms with Crippen molar-refractivity contribution in [2.45, 2.75) is 0 Å². The second-order valence-electron chi connectivity index (χ2n) is 13.5. The lowest BCUT2D eigenvalue weighted by molar-refractivity contribution is 0.0955. The molecule has 8 aromatic rings. The molecule has 7 N–H and O–H groups in total. The quantitative estimate of drug-likeness (QED) is 0.0648. The number of nitrogens with zero attached hydrogens (tertiary/aromatic N) is 8. The van der Waals surface area contributed by atoms with Crippen LogP contribution in [-0.2, 0) is 14.1 Å². The van der Waals surface area contributed by atoms with Gasteiger partial charge in [0.2, 0.25) is 0 Å². The van der Waals surface area contributed by atoms with Crippen molar-refractivity contribution in [1.29, 1.82) is 0 Å². The number of hydrogen-bond donors (Lipinski definition) is 6. The van der Waals surface area contributed by atoms with Gasteiger partial charge in [0.05, 0.1) is 60.5 Å². The number of aromatic nitrogens is 8.